The molecule has 0 amide bonds. The van der Waals surface area contributed by atoms with Gasteiger partial charge in [0.2, 0.25) is 0 Å². The Hall–Kier alpha value is -0.920. The minimum atomic E-state index is 0.969. The van der Waals surface area contributed by atoms with Crippen LogP contribution in [0.3, 0.4) is 0 Å². The Labute approximate surface area is 61.8 Å². The molecule has 1 radical (unpaired) electrons. The summed E-state index contributed by atoms with van der Waals surface area (Å²) < 4.78 is 4.87. The molecule has 1 rings (SSSR count). The van der Waals surface area contributed by atoms with E-state index in [0.29, 0.717) is 0 Å². The Morgan fingerprint density at radius 2 is 1.90 bits per heavy atom. The lowest BCUT2D eigenvalue weighted by Gasteiger charge is -2.18. The average Bonchev–Trinajstić information content (AvgIpc) is 1.88. The van der Waals surface area contributed by atoms with Gasteiger partial charge in [-0.2, -0.15) is 0 Å². The molecule has 0 spiro atoms. The summed E-state index contributed by atoms with van der Waals surface area (Å²) in [5.41, 5.74) is 0. The zero-order chi connectivity index (χ0) is 7.40. The van der Waals surface area contributed by atoms with Crippen LogP contribution >= 0.6 is 0 Å². The van der Waals surface area contributed by atoms with Crippen LogP contribution in [0.15, 0.2) is 24.9 Å². The van der Waals surface area contributed by atoms with Crippen LogP contribution in [0.25, 0.3) is 0 Å². The molecule has 2 heteroatoms. The third-order valence-electron chi connectivity index (χ3n) is 1.16. The molecule has 0 unspecified atom stereocenters. The highest BCUT2D eigenvalue weighted by Gasteiger charge is 2.00. The lowest BCUT2D eigenvalue weighted by molar-refractivity contribution is 0.347. The normalized spacial score (nSPS) is 16.1. The Balaban J connectivity index is 2.33. The van der Waals surface area contributed by atoms with Crippen LogP contribution < -0.4 is 0 Å². The molecule has 0 N–H and O–H groups in total. The summed E-state index contributed by atoms with van der Waals surface area (Å²) >= 11 is 0. The summed E-state index contributed by atoms with van der Waals surface area (Å²) in [5.74, 6) is 1.39. The van der Waals surface area contributed by atoms with E-state index in [4.69, 9.17) is 4.74 Å². The van der Waals surface area contributed by atoms with Crippen LogP contribution in [0.4, 0.5) is 0 Å². The van der Waals surface area contributed by atoms with E-state index in [-0.39, 0.29) is 0 Å². The fraction of sp³-hybridized carbons (Fsp3) is 0.375. The molecule has 0 aliphatic carbocycles. The maximum atomic E-state index is 4.87. The van der Waals surface area contributed by atoms with E-state index < -0.39 is 0 Å². The van der Waals surface area contributed by atoms with Crippen LogP contribution in [0, 0.1) is 5.92 Å². The molecule has 0 bridgehead atoms. The van der Waals surface area contributed by atoms with Gasteiger partial charge in [-0.3, -0.25) is 0 Å². The van der Waals surface area contributed by atoms with Gasteiger partial charge in [-0.1, -0.05) is 13.8 Å². The first-order valence-corrected chi connectivity index (χ1v) is 3.32. The molecular formula is C8H12NO. The van der Waals surface area contributed by atoms with Crippen LogP contribution in [0.5, 0.6) is 0 Å². The predicted molar refractivity (Wildman–Crippen MR) is 40.7 cm³/mol. The summed E-state index contributed by atoms with van der Waals surface area (Å²) in [6, 6.07) is 0. The molecule has 55 valence electrons. The van der Waals surface area contributed by atoms with Crippen molar-refractivity contribution in [2.45, 2.75) is 13.8 Å². The maximum absolute atomic E-state index is 4.87. The molecule has 0 aromatic rings. The quantitative estimate of drug-likeness (QED) is 0.577. The fourth-order valence-electron chi connectivity index (χ4n) is 0.792. The predicted octanol–water partition coefficient (Wildman–Crippen LogP) is 1.88. The molecular weight excluding hydrogens is 126 g/mol. The Morgan fingerprint density at radius 1 is 1.30 bits per heavy atom. The second-order valence-electron chi connectivity index (χ2n) is 2.59. The summed E-state index contributed by atoms with van der Waals surface area (Å²) in [6.45, 7) is 5.19. The van der Waals surface area contributed by atoms with Crippen molar-refractivity contribution >= 4 is 0 Å². The fourth-order valence-corrected chi connectivity index (χ4v) is 0.792. The van der Waals surface area contributed by atoms with E-state index in [2.05, 4.69) is 18.7 Å². The third-order valence-corrected chi connectivity index (χ3v) is 1.16. The van der Waals surface area contributed by atoms with Crippen molar-refractivity contribution in [2.24, 2.45) is 0 Å². The minimum Gasteiger partial charge on any atom is -0.470 e. The molecule has 1 aliphatic heterocycles. The monoisotopic (exact) mass is 138 g/mol. The van der Waals surface area contributed by atoms with Crippen LogP contribution in [-0.4, -0.2) is 11.4 Å². The first-order chi connectivity index (χ1) is 4.79. The lowest BCUT2D eigenvalue weighted by atomic mass is 10.2. The molecule has 0 aromatic heterocycles. The van der Waals surface area contributed by atoms with Crippen molar-refractivity contribution in [3.8, 4) is 0 Å². The lowest BCUT2D eigenvalue weighted by Crippen LogP contribution is -2.16. The average molecular weight is 138 g/mol. The molecule has 10 heavy (non-hydrogen) atoms. The van der Waals surface area contributed by atoms with Gasteiger partial charge in [0.1, 0.15) is 12.5 Å². The topological polar surface area (TPSA) is 12.5 Å². The van der Waals surface area contributed by atoms with E-state index in [0.717, 1.165) is 6.54 Å². The van der Waals surface area contributed by atoms with Crippen molar-refractivity contribution in [3.05, 3.63) is 30.8 Å². The van der Waals surface area contributed by atoms with Gasteiger partial charge in [0.15, 0.2) is 0 Å². The molecule has 2 nitrogen and oxygen atoms in total. The molecule has 0 saturated carbocycles. The summed E-state index contributed by atoms with van der Waals surface area (Å²) in [4.78, 5) is 2.07. The van der Waals surface area contributed by atoms with Crippen LogP contribution in [0.2, 0.25) is 0 Å². The van der Waals surface area contributed by atoms with Crippen molar-refractivity contribution in [3.63, 3.8) is 0 Å². The van der Waals surface area contributed by atoms with Gasteiger partial charge in [-0.05, 0) is 5.92 Å². The Bertz CT molecular complexity index is 137. The molecule has 1 aliphatic rings. The number of ether oxygens (including phenoxy) is 1. The maximum Gasteiger partial charge on any atom is 0.106 e. The third kappa shape index (κ3) is 2.13. The van der Waals surface area contributed by atoms with Gasteiger partial charge in [-0.25, -0.2) is 0 Å². The van der Waals surface area contributed by atoms with Gasteiger partial charge in [0.05, 0.1) is 0 Å². The smallest absolute Gasteiger partial charge is 0.106 e. The molecule has 0 aromatic carbocycles. The minimum absolute atomic E-state index is 0.969. The van der Waals surface area contributed by atoms with E-state index in [1.54, 1.807) is 12.5 Å². The van der Waals surface area contributed by atoms with Crippen molar-refractivity contribution in [1.82, 2.24) is 4.90 Å². The van der Waals surface area contributed by atoms with Crippen molar-refractivity contribution in [2.75, 3.05) is 6.54 Å². The number of rotatable bonds is 2. The van der Waals surface area contributed by atoms with E-state index >= 15 is 0 Å². The van der Waals surface area contributed by atoms with Crippen LogP contribution in [0.1, 0.15) is 13.8 Å². The number of hydrogen-bond acceptors (Lipinski definition) is 2. The zero-order valence-corrected chi connectivity index (χ0v) is 6.37. The summed E-state index contributed by atoms with van der Waals surface area (Å²) in [5, 5.41) is 0. The largest absolute Gasteiger partial charge is 0.470 e. The molecule has 0 fully saturated rings. The van der Waals surface area contributed by atoms with E-state index in [1.807, 2.05) is 12.4 Å². The second-order valence-corrected chi connectivity index (χ2v) is 2.59. The first kappa shape index (κ1) is 7.19. The Kier molecular flexibility index (Phi) is 2.37. The SMILES string of the molecule is C[C](C)CN1C=COC=C1. The van der Waals surface area contributed by atoms with Gasteiger partial charge >= 0.3 is 0 Å². The summed E-state index contributed by atoms with van der Waals surface area (Å²) in [6.07, 6.45) is 7.16. The highest BCUT2D eigenvalue weighted by molar-refractivity contribution is 4.96. The van der Waals surface area contributed by atoms with Gasteiger partial charge < -0.3 is 9.64 Å². The number of nitrogens with zero attached hydrogens (tertiary/aromatic N) is 1. The van der Waals surface area contributed by atoms with Crippen molar-refractivity contribution in [1.29, 1.82) is 0 Å². The standard InChI is InChI=1S/C8H12NO/c1-8(2)7-9-3-5-10-6-4-9/h3-6H,7H2,1-2H3. The van der Waals surface area contributed by atoms with E-state index in [9.17, 15) is 0 Å². The zero-order valence-electron chi connectivity index (χ0n) is 6.37. The first-order valence-electron chi connectivity index (χ1n) is 3.32. The number of hydrogen-bond donors (Lipinski definition) is 0. The molecule has 0 saturated heterocycles. The van der Waals surface area contributed by atoms with Crippen LogP contribution in [-0.2, 0) is 4.74 Å². The van der Waals surface area contributed by atoms with Gasteiger partial charge in [-0.15, -0.1) is 0 Å². The van der Waals surface area contributed by atoms with E-state index in [1.165, 1.54) is 5.92 Å². The molecule has 0 atom stereocenters. The molecule has 1 heterocycles. The Morgan fingerprint density at radius 3 is 2.40 bits per heavy atom. The summed E-state index contributed by atoms with van der Waals surface area (Å²) in [7, 11) is 0. The second kappa shape index (κ2) is 3.30. The highest BCUT2D eigenvalue weighted by atomic mass is 16.5. The van der Waals surface area contributed by atoms with Crippen molar-refractivity contribution < 1.29 is 4.74 Å². The van der Waals surface area contributed by atoms with Gasteiger partial charge in [0.25, 0.3) is 0 Å². The van der Waals surface area contributed by atoms with Gasteiger partial charge in [0, 0.05) is 18.9 Å². The highest BCUT2D eigenvalue weighted by Crippen LogP contribution is 2.05.